The smallest absolute Gasteiger partial charge is 0.480 e. The molecule has 0 rings (SSSR count). The van der Waals surface area contributed by atoms with Crippen LogP contribution in [0.15, 0.2) is 0 Å². The largest absolute Gasteiger partial charge is 0.522 e. The second kappa shape index (κ2) is 5.92. The fraction of sp³-hybridized carbons (Fsp3) is 0.875. The summed E-state index contributed by atoms with van der Waals surface area (Å²) in [6.07, 6.45) is -4.33. The minimum absolute atomic E-state index is 0.0791. The van der Waals surface area contributed by atoms with Crippen molar-refractivity contribution in [3.63, 3.8) is 0 Å². The summed E-state index contributed by atoms with van der Waals surface area (Å²) in [6.45, 7) is 1.01. The Kier molecular flexibility index (Phi) is 5.59. The van der Waals surface area contributed by atoms with Crippen LogP contribution in [-0.4, -0.2) is 48.6 Å². The number of rotatable bonds is 6. The summed E-state index contributed by atoms with van der Waals surface area (Å²) in [4.78, 5) is 11.9. The molecule has 0 aromatic rings. The van der Waals surface area contributed by atoms with Crippen molar-refractivity contribution >= 4 is 5.97 Å². The highest BCUT2D eigenvalue weighted by molar-refractivity contribution is 5.73. The second-order valence-electron chi connectivity index (χ2n) is 3.04. The van der Waals surface area contributed by atoms with Crippen LogP contribution < -0.4 is 0 Å². The minimum Gasteiger partial charge on any atom is -0.480 e. The van der Waals surface area contributed by atoms with E-state index in [2.05, 4.69) is 4.74 Å². The number of hydrogen-bond acceptors (Lipinski definition) is 3. The molecule has 0 heterocycles. The van der Waals surface area contributed by atoms with Gasteiger partial charge >= 0.3 is 12.3 Å². The van der Waals surface area contributed by atoms with E-state index in [0.717, 1.165) is 0 Å². The van der Waals surface area contributed by atoms with Gasteiger partial charge in [-0.2, -0.15) is 0 Å². The molecule has 15 heavy (non-hydrogen) atoms. The Balaban J connectivity index is 3.92. The molecule has 0 amide bonds. The van der Waals surface area contributed by atoms with Gasteiger partial charge in [0.1, 0.15) is 6.04 Å². The minimum atomic E-state index is -4.66. The quantitative estimate of drug-likeness (QED) is 0.746. The summed E-state index contributed by atoms with van der Waals surface area (Å²) in [6, 6.07) is -0.776. The van der Waals surface area contributed by atoms with Crippen molar-refractivity contribution in [2.75, 3.05) is 20.2 Å². The molecule has 0 aliphatic carbocycles. The van der Waals surface area contributed by atoms with Gasteiger partial charge in [0, 0.05) is 6.54 Å². The van der Waals surface area contributed by atoms with E-state index in [1.54, 1.807) is 6.92 Å². The van der Waals surface area contributed by atoms with Crippen molar-refractivity contribution in [2.45, 2.75) is 25.7 Å². The van der Waals surface area contributed by atoms with Crippen LogP contribution in [0.5, 0.6) is 0 Å². The van der Waals surface area contributed by atoms with Crippen molar-refractivity contribution < 1.29 is 27.8 Å². The Hall–Kier alpha value is -0.820. The Morgan fingerprint density at radius 3 is 2.40 bits per heavy atom. The van der Waals surface area contributed by atoms with Gasteiger partial charge in [0.2, 0.25) is 0 Å². The number of alkyl halides is 3. The highest BCUT2D eigenvalue weighted by atomic mass is 19.4. The van der Waals surface area contributed by atoms with E-state index in [0.29, 0.717) is 6.42 Å². The van der Waals surface area contributed by atoms with Crippen LogP contribution in [0.4, 0.5) is 13.2 Å². The first-order valence-corrected chi connectivity index (χ1v) is 4.41. The van der Waals surface area contributed by atoms with Gasteiger partial charge < -0.3 is 5.11 Å². The molecule has 0 aromatic carbocycles. The first kappa shape index (κ1) is 14.2. The van der Waals surface area contributed by atoms with Gasteiger partial charge in [0.15, 0.2) is 0 Å². The van der Waals surface area contributed by atoms with Crippen molar-refractivity contribution in [1.29, 1.82) is 0 Å². The molecule has 7 heteroatoms. The summed E-state index contributed by atoms with van der Waals surface area (Å²) < 4.78 is 38.3. The molecule has 1 unspecified atom stereocenters. The Morgan fingerprint density at radius 1 is 1.53 bits per heavy atom. The highest BCUT2D eigenvalue weighted by Crippen LogP contribution is 2.15. The summed E-state index contributed by atoms with van der Waals surface area (Å²) >= 11 is 0. The summed E-state index contributed by atoms with van der Waals surface area (Å²) in [7, 11) is 1.45. The van der Waals surface area contributed by atoms with Crippen LogP contribution >= 0.6 is 0 Å². The average molecular weight is 229 g/mol. The van der Waals surface area contributed by atoms with Crippen molar-refractivity contribution in [3.05, 3.63) is 0 Å². The van der Waals surface area contributed by atoms with Crippen LogP contribution in [0.25, 0.3) is 0 Å². The molecule has 0 fully saturated rings. The Bertz CT molecular complexity index is 208. The molecule has 0 radical (unpaired) electrons. The summed E-state index contributed by atoms with van der Waals surface area (Å²) in [5, 5.41) is 8.70. The SMILES string of the molecule is CCC(C(=O)O)N(C)CCOC(F)(F)F. The second-order valence-corrected chi connectivity index (χ2v) is 3.04. The van der Waals surface area contributed by atoms with Gasteiger partial charge in [-0.05, 0) is 13.5 Å². The Labute approximate surface area is 85.6 Å². The third-order valence-corrected chi connectivity index (χ3v) is 1.91. The molecule has 0 spiro atoms. The number of nitrogens with zero attached hydrogens (tertiary/aromatic N) is 1. The van der Waals surface area contributed by atoms with E-state index in [4.69, 9.17) is 5.11 Å². The van der Waals surface area contributed by atoms with E-state index in [1.807, 2.05) is 0 Å². The lowest BCUT2D eigenvalue weighted by atomic mass is 10.2. The number of carboxylic acids is 1. The number of aliphatic carboxylic acids is 1. The van der Waals surface area contributed by atoms with E-state index in [1.165, 1.54) is 11.9 Å². The standard InChI is InChI=1S/C8H14F3NO3/c1-3-6(7(13)14)12(2)4-5-15-8(9,10)11/h6H,3-5H2,1-2H3,(H,13,14). The van der Waals surface area contributed by atoms with Gasteiger partial charge in [0.05, 0.1) is 6.61 Å². The zero-order valence-corrected chi connectivity index (χ0v) is 8.54. The molecule has 1 N–H and O–H groups in total. The number of hydrogen-bond donors (Lipinski definition) is 1. The van der Waals surface area contributed by atoms with Gasteiger partial charge in [0.25, 0.3) is 0 Å². The topological polar surface area (TPSA) is 49.8 Å². The average Bonchev–Trinajstić information content (AvgIpc) is 2.01. The molecule has 0 bridgehead atoms. The molecule has 4 nitrogen and oxygen atoms in total. The lowest BCUT2D eigenvalue weighted by Gasteiger charge is -2.23. The molecule has 90 valence electrons. The monoisotopic (exact) mass is 229 g/mol. The fourth-order valence-electron chi connectivity index (χ4n) is 1.14. The predicted molar refractivity (Wildman–Crippen MR) is 46.4 cm³/mol. The molecule has 0 aliphatic heterocycles. The third kappa shape index (κ3) is 6.29. The van der Waals surface area contributed by atoms with Crippen LogP contribution in [0.3, 0.4) is 0 Å². The zero-order valence-electron chi connectivity index (χ0n) is 8.54. The maximum Gasteiger partial charge on any atom is 0.522 e. The van der Waals surface area contributed by atoms with Crippen molar-refractivity contribution in [2.24, 2.45) is 0 Å². The van der Waals surface area contributed by atoms with E-state index in [-0.39, 0.29) is 6.54 Å². The lowest BCUT2D eigenvalue weighted by Crippen LogP contribution is -2.40. The highest BCUT2D eigenvalue weighted by Gasteiger charge is 2.29. The number of ether oxygens (including phenoxy) is 1. The van der Waals surface area contributed by atoms with E-state index < -0.39 is 25.0 Å². The van der Waals surface area contributed by atoms with Crippen LogP contribution in [0.2, 0.25) is 0 Å². The maximum atomic E-state index is 11.6. The first-order valence-electron chi connectivity index (χ1n) is 4.41. The van der Waals surface area contributed by atoms with Gasteiger partial charge in [-0.3, -0.25) is 14.4 Å². The number of likely N-dealkylation sites (N-methyl/N-ethyl adjacent to an activating group) is 1. The fourth-order valence-corrected chi connectivity index (χ4v) is 1.14. The van der Waals surface area contributed by atoms with Gasteiger partial charge in [-0.15, -0.1) is 13.2 Å². The first-order chi connectivity index (χ1) is 6.78. The van der Waals surface area contributed by atoms with Gasteiger partial charge in [-0.25, -0.2) is 0 Å². The van der Waals surface area contributed by atoms with E-state index >= 15 is 0 Å². The number of halogens is 3. The van der Waals surface area contributed by atoms with Crippen molar-refractivity contribution in [1.82, 2.24) is 4.90 Å². The van der Waals surface area contributed by atoms with Crippen LogP contribution in [-0.2, 0) is 9.53 Å². The molecular weight excluding hydrogens is 215 g/mol. The van der Waals surface area contributed by atoms with Crippen LogP contribution in [0.1, 0.15) is 13.3 Å². The third-order valence-electron chi connectivity index (χ3n) is 1.91. The Morgan fingerprint density at radius 2 is 2.07 bits per heavy atom. The zero-order chi connectivity index (χ0) is 12.1. The molecule has 1 atom stereocenters. The van der Waals surface area contributed by atoms with Crippen molar-refractivity contribution in [3.8, 4) is 0 Å². The van der Waals surface area contributed by atoms with E-state index in [9.17, 15) is 18.0 Å². The molecule has 0 aromatic heterocycles. The summed E-state index contributed by atoms with van der Waals surface area (Å²) in [5.74, 6) is -1.05. The summed E-state index contributed by atoms with van der Waals surface area (Å²) in [5.41, 5.74) is 0. The van der Waals surface area contributed by atoms with Crippen LogP contribution in [0, 0.1) is 0 Å². The molecule has 0 saturated carbocycles. The maximum absolute atomic E-state index is 11.6. The predicted octanol–water partition coefficient (Wildman–Crippen LogP) is 1.32. The van der Waals surface area contributed by atoms with Gasteiger partial charge in [-0.1, -0.05) is 6.92 Å². The number of carboxylic acid groups (broad SMARTS) is 1. The lowest BCUT2D eigenvalue weighted by molar-refractivity contribution is -0.325. The number of carbonyl (C=O) groups is 1. The normalized spacial score (nSPS) is 14.3. The molecule has 0 aliphatic rings. The molecule has 0 saturated heterocycles. The molecular formula is C8H14F3NO3.